The Balaban J connectivity index is 0.00000131. The van der Waals surface area contributed by atoms with Crippen molar-refractivity contribution in [1.29, 1.82) is 0 Å². The molecule has 2 atom stereocenters. The number of hydrogen-bond donors (Lipinski definition) is 1. The van der Waals surface area contributed by atoms with Gasteiger partial charge in [-0.25, -0.2) is 0 Å². The molecule has 4 rings (SSSR count). The molecule has 0 aliphatic carbocycles. The van der Waals surface area contributed by atoms with Crippen molar-refractivity contribution < 1.29 is 4.79 Å². The maximum absolute atomic E-state index is 13.0. The topological polar surface area (TPSA) is 38.8 Å². The summed E-state index contributed by atoms with van der Waals surface area (Å²) in [5.41, 5.74) is 2.11. The summed E-state index contributed by atoms with van der Waals surface area (Å²) in [6.07, 6.45) is 3.56. The first kappa shape index (κ1) is 22.4. The molecule has 1 aromatic carbocycles. The number of carbonyl (C=O) groups excluding carboxylic acids is 1. The van der Waals surface area contributed by atoms with Crippen molar-refractivity contribution in [1.82, 2.24) is 20.0 Å². The smallest absolute Gasteiger partial charge is 0.253 e. The Kier molecular flexibility index (Phi) is 8.38. The van der Waals surface area contributed by atoms with Crippen LogP contribution in [0.15, 0.2) is 24.3 Å². The van der Waals surface area contributed by atoms with Gasteiger partial charge >= 0.3 is 0 Å². The highest BCUT2D eigenvalue weighted by atomic mass is 35.5. The standard InChI is InChI=1S/C20H30N4O.2ClH/c1-22-9-11-23(12-10-22)14-16-3-2-4-17(13-16)20(25)24-8-7-18-5-6-19(15-24)21-18;;/h2-4,13,18-19,21H,5-12,14-15H2,1H3;2*1H. The molecule has 3 saturated heterocycles. The number of fused-ring (bicyclic) bond motifs is 2. The van der Waals surface area contributed by atoms with Crippen LogP contribution in [0.25, 0.3) is 0 Å². The Morgan fingerprint density at radius 1 is 1.04 bits per heavy atom. The highest BCUT2D eigenvalue weighted by molar-refractivity contribution is 5.94. The zero-order valence-electron chi connectivity index (χ0n) is 16.1. The van der Waals surface area contributed by atoms with Gasteiger partial charge in [-0.15, -0.1) is 24.8 Å². The zero-order chi connectivity index (χ0) is 17.2. The third-order valence-electron chi connectivity index (χ3n) is 5.99. The molecular formula is C20H32Cl2N4O. The van der Waals surface area contributed by atoms with Crippen molar-refractivity contribution in [3.05, 3.63) is 35.4 Å². The lowest BCUT2D eigenvalue weighted by Crippen LogP contribution is -2.43. The van der Waals surface area contributed by atoms with E-state index in [0.717, 1.165) is 57.8 Å². The van der Waals surface area contributed by atoms with Gasteiger partial charge in [-0.1, -0.05) is 12.1 Å². The van der Waals surface area contributed by atoms with Crippen molar-refractivity contribution >= 4 is 30.7 Å². The number of likely N-dealkylation sites (tertiary alicyclic amines) is 1. The highest BCUT2D eigenvalue weighted by Gasteiger charge is 2.31. The maximum Gasteiger partial charge on any atom is 0.253 e. The summed E-state index contributed by atoms with van der Waals surface area (Å²) in [5, 5.41) is 3.65. The van der Waals surface area contributed by atoms with Crippen LogP contribution in [0.4, 0.5) is 0 Å². The summed E-state index contributed by atoms with van der Waals surface area (Å²) < 4.78 is 0. The first-order valence-electron chi connectivity index (χ1n) is 9.72. The second kappa shape index (κ2) is 10.1. The van der Waals surface area contributed by atoms with E-state index in [1.165, 1.54) is 18.4 Å². The van der Waals surface area contributed by atoms with Crippen LogP contribution >= 0.6 is 24.8 Å². The van der Waals surface area contributed by atoms with Crippen LogP contribution in [0.3, 0.4) is 0 Å². The molecule has 1 amide bonds. The Labute approximate surface area is 175 Å². The van der Waals surface area contributed by atoms with Gasteiger partial charge in [0.25, 0.3) is 5.91 Å². The Hall–Kier alpha value is -0.850. The molecule has 0 aromatic heterocycles. The molecule has 5 nitrogen and oxygen atoms in total. The Morgan fingerprint density at radius 2 is 1.78 bits per heavy atom. The maximum atomic E-state index is 13.0. The SMILES string of the molecule is CN1CCN(Cc2cccc(C(=O)N3CCC4CCC(C3)N4)c2)CC1.Cl.Cl. The average molecular weight is 415 g/mol. The summed E-state index contributed by atoms with van der Waals surface area (Å²) >= 11 is 0. The predicted molar refractivity (Wildman–Crippen MR) is 114 cm³/mol. The van der Waals surface area contributed by atoms with Gasteiger partial charge in [0.05, 0.1) is 0 Å². The second-order valence-corrected chi connectivity index (χ2v) is 7.96. The zero-order valence-corrected chi connectivity index (χ0v) is 17.7. The number of hydrogen-bond acceptors (Lipinski definition) is 4. The monoisotopic (exact) mass is 414 g/mol. The first-order chi connectivity index (χ1) is 12.2. The molecule has 2 bridgehead atoms. The molecule has 0 saturated carbocycles. The van der Waals surface area contributed by atoms with E-state index in [9.17, 15) is 4.79 Å². The number of amides is 1. The van der Waals surface area contributed by atoms with E-state index >= 15 is 0 Å². The van der Waals surface area contributed by atoms with Crippen molar-refractivity contribution in [3.63, 3.8) is 0 Å². The summed E-state index contributed by atoms with van der Waals surface area (Å²) in [6.45, 7) is 7.16. The van der Waals surface area contributed by atoms with Crippen molar-refractivity contribution in [2.45, 2.75) is 37.9 Å². The van der Waals surface area contributed by atoms with Gasteiger partial charge in [0.1, 0.15) is 0 Å². The number of piperazine rings is 1. The van der Waals surface area contributed by atoms with E-state index in [-0.39, 0.29) is 30.7 Å². The van der Waals surface area contributed by atoms with E-state index in [1.807, 2.05) is 12.1 Å². The van der Waals surface area contributed by atoms with Gasteiger partial charge in [-0.3, -0.25) is 9.69 Å². The molecular weight excluding hydrogens is 383 g/mol. The van der Waals surface area contributed by atoms with E-state index in [1.54, 1.807) is 0 Å². The van der Waals surface area contributed by atoms with Crippen LogP contribution in [-0.2, 0) is 6.54 Å². The molecule has 3 heterocycles. The van der Waals surface area contributed by atoms with E-state index < -0.39 is 0 Å². The minimum absolute atomic E-state index is 0. The molecule has 152 valence electrons. The quantitative estimate of drug-likeness (QED) is 0.822. The van der Waals surface area contributed by atoms with Crippen LogP contribution in [0, 0.1) is 0 Å². The van der Waals surface area contributed by atoms with Crippen LogP contribution in [-0.4, -0.2) is 79.0 Å². The van der Waals surface area contributed by atoms with Crippen LogP contribution in [0.5, 0.6) is 0 Å². The first-order valence-corrected chi connectivity index (χ1v) is 9.72. The van der Waals surface area contributed by atoms with Gasteiger partial charge in [0.2, 0.25) is 0 Å². The predicted octanol–water partition coefficient (Wildman–Crippen LogP) is 2.24. The van der Waals surface area contributed by atoms with Crippen molar-refractivity contribution in [2.24, 2.45) is 0 Å². The largest absolute Gasteiger partial charge is 0.337 e. The summed E-state index contributed by atoms with van der Waals surface area (Å²) in [7, 11) is 2.18. The molecule has 2 unspecified atom stereocenters. The minimum Gasteiger partial charge on any atom is -0.337 e. The number of carbonyl (C=O) groups is 1. The normalized spacial score (nSPS) is 26.0. The molecule has 1 aromatic rings. The molecule has 7 heteroatoms. The fourth-order valence-corrected chi connectivity index (χ4v) is 4.38. The minimum atomic E-state index is 0. The third-order valence-corrected chi connectivity index (χ3v) is 5.99. The average Bonchev–Trinajstić information content (AvgIpc) is 2.95. The molecule has 27 heavy (non-hydrogen) atoms. The lowest BCUT2D eigenvalue weighted by molar-refractivity contribution is 0.0748. The van der Waals surface area contributed by atoms with Crippen LogP contribution in [0.2, 0.25) is 0 Å². The van der Waals surface area contributed by atoms with Crippen LogP contribution in [0.1, 0.15) is 35.2 Å². The summed E-state index contributed by atoms with van der Waals surface area (Å²) in [4.78, 5) is 19.9. The van der Waals surface area contributed by atoms with Gasteiger partial charge in [-0.05, 0) is 44.0 Å². The van der Waals surface area contributed by atoms with Gasteiger partial charge in [0, 0.05) is 63.5 Å². The molecule has 3 fully saturated rings. The molecule has 1 N–H and O–H groups in total. The Bertz CT molecular complexity index is 622. The second-order valence-electron chi connectivity index (χ2n) is 7.96. The third kappa shape index (κ3) is 5.58. The molecule has 0 spiro atoms. The van der Waals surface area contributed by atoms with E-state index in [0.29, 0.717) is 12.1 Å². The number of rotatable bonds is 3. The highest BCUT2D eigenvalue weighted by Crippen LogP contribution is 2.22. The lowest BCUT2D eigenvalue weighted by atomic mass is 10.1. The van der Waals surface area contributed by atoms with Crippen molar-refractivity contribution in [2.75, 3.05) is 46.3 Å². The number of likely N-dealkylation sites (N-methyl/N-ethyl adjacent to an activating group) is 1. The summed E-state index contributed by atoms with van der Waals surface area (Å²) in [6, 6.07) is 9.39. The van der Waals surface area contributed by atoms with Crippen LogP contribution < -0.4 is 5.32 Å². The fraction of sp³-hybridized carbons (Fsp3) is 0.650. The van der Waals surface area contributed by atoms with Gasteiger partial charge in [-0.2, -0.15) is 0 Å². The van der Waals surface area contributed by atoms with E-state index in [2.05, 4.69) is 39.2 Å². The number of nitrogens with zero attached hydrogens (tertiary/aromatic N) is 3. The number of benzene rings is 1. The van der Waals surface area contributed by atoms with Gasteiger partial charge < -0.3 is 15.1 Å². The van der Waals surface area contributed by atoms with Gasteiger partial charge in [0.15, 0.2) is 0 Å². The summed E-state index contributed by atoms with van der Waals surface area (Å²) in [5.74, 6) is 0.203. The molecule has 3 aliphatic rings. The fourth-order valence-electron chi connectivity index (χ4n) is 4.38. The molecule has 0 radical (unpaired) electrons. The van der Waals surface area contributed by atoms with E-state index in [4.69, 9.17) is 0 Å². The molecule has 3 aliphatic heterocycles. The number of nitrogens with one attached hydrogen (secondary N) is 1. The Morgan fingerprint density at radius 3 is 2.56 bits per heavy atom. The van der Waals surface area contributed by atoms with Crippen molar-refractivity contribution in [3.8, 4) is 0 Å². The lowest BCUT2D eigenvalue weighted by Gasteiger charge is -2.32. The number of halogens is 2.